The van der Waals surface area contributed by atoms with E-state index in [1.165, 1.54) is 0 Å². The van der Waals surface area contributed by atoms with Crippen molar-refractivity contribution in [3.63, 3.8) is 0 Å². The summed E-state index contributed by atoms with van der Waals surface area (Å²) in [7, 11) is 0. The van der Waals surface area contributed by atoms with Crippen molar-refractivity contribution in [3.05, 3.63) is 65.7 Å². The Morgan fingerprint density at radius 3 is 2.70 bits per heavy atom. The number of hydrogen-bond donors (Lipinski definition) is 2. The van der Waals surface area contributed by atoms with Gasteiger partial charge in [0.15, 0.2) is 0 Å². The van der Waals surface area contributed by atoms with E-state index < -0.39 is 12.1 Å². The molecule has 0 aromatic heterocycles. The Kier molecular flexibility index (Phi) is 6.60. The third-order valence-corrected chi connectivity index (χ3v) is 4.83. The number of aryl methyl sites for hydroxylation is 2. The van der Waals surface area contributed by atoms with Crippen LogP contribution in [-0.4, -0.2) is 30.6 Å². The largest absolute Gasteiger partial charge is 0.465 e. The van der Waals surface area contributed by atoms with E-state index in [4.69, 9.17) is 4.74 Å². The first-order valence-corrected chi connectivity index (χ1v) is 9.52. The van der Waals surface area contributed by atoms with Crippen LogP contribution in [0.15, 0.2) is 54.6 Å². The fourth-order valence-corrected chi connectivity index (χ4v) is 3.38. The highest BCUT2D eigenvalue weighted by Gasteiger charge is 2.29. The van der Waals surface area contributed by atoms with Crippen molar-refractivity contribution in [2.45, 2.75) is 44.7 Å². The van der Waals surface area contributed by atoms with Crippen molar-refractivity contribution >= 4 is 17.6 Å². The molecule has 5 heteroatoms. The number of anilines is 1. The second kappa shape index (κ2) is 9.33. The van der Waals surface area contributed by atoms with Gasteiger partial charge in [-0.3, -0.25) is 14.9 Å². The molecule has 0 saturated carbocycles. The van der Waals surface area contributed by atoms with Gasteiger partial charge in [0, 0.05) is 5.69 Å². The minimum Gasteiger partial charge on any atom is -0.465 e. The summed E-state index contributed by atoms with van der Waals surface area (Å²) in [6.07, 6.45) is 2.75. The Bertz CT molecular complexity index is 776. The Morgan fingerprint density at radius 2 is 1.93 bits per heavy atom. The zero-order valence-corrected chi connectivity index (χ0v) is 15.6. The maximum Gasteiger partial charge on any atom is 0.323 e. The SMILES string of the molecule is CCOC(=O)[C@@H](CCc1ccccc1)N[C@@H]1CCc2ccccc2NC1=O. The van der Waals surface area contributed by atoms with E-state index in [0.717, 1.165) is 29.7 Å². The summed E-state index contributed by atoms with van der Waals surface area (Å²) in [5.74, 6) is -0.406. The zero-order valence-electron chi connectivity index (χ0n) is 15.6. The number of hydrogen-bond acceptors (Lipinski definition) is 4. The third kappa shape index (κ3) is 5.17. The first kappa shape index (κ1) is 19.1. The summed E-state index contributed by atoms with van der Waals surface area (Å²) in [5, 5.41) is 6.22. The molecule has 0 spiro atoms. The predicted octanol–water partition coefficient (Wildman–Crippen LogP) is 3.09. The quantitative estimate of drug-likeness (QED) is 0.739. The second-order valence-electron chi connectivity index (χ2n) is 6.73. The lowest BCUT2D eigenvalue weighted by Gasteiger charge is -2.23. The number of benzene rings is 2. The minimum atomic E-state index is -0.512. The standard InChI is InChI=1S/C22H26N2O3/c1-2-27-22(26)20(14-12-16-8-4-3-5-9-16)23-19-15-13-17-10-6-7-11-18(17)24-21(19)25/h3-11,19-20,23H,2,12-15H2,1H3,(H,24,25)/t19-,20-/m1/s1. The predicted molar refractivity (Wildman–Crippen MR) is 106 cm³/mol. The van der Waals surface area contributed by atoms with Gasteiger partial charge in [-0.25, -0.2) is 0 Å². The van der Waals surface area contributed by atoms with Gasteiger partial charge in [-0.2, -0.15) is 0 Å². The van der Waals surface area contributed by atoms with E-state index in [-0.39, 0.29) is 11.9 Å². The molecule has 1 aliphatic rings. The van der Waals surface area contributed by atoms with E-state index >= 15 is 0 Å². The minimum absolute atomic E-state index is 0.103. The number of ether oxygens (including phenoxy) is 1. The lowest BCUT2D eigenvalue weighted by Crippen LogP contribution is -2.49. The molecule has 1 heterocycles. The van der Waals surface area contributed by atoms with Crippen LogP contribution in [0, 0.1) is 0 Å². The van der Waals surface area contributed by atoms with E-state index in [1.54, 1.807) is 6.92 Å². The van der Waals surface area contributed by atoms with Crippen LogP contribution in [0.5, 0.6) is 0 Å². The highest BCUT2D eigenvalue weighted by molar-refractivity contribution is 5.96. The van der Waals surface area contributed by atoms with Gasteiger partial charge in [0.25, 0.3) is 0 Å². The fourth-order valence-electron chi connectivity index (χ4n) is 3.38. The summed E-state index contributed by atoms with van der Waals surface area (Å²) < 4.78 is 5.23. The van der Waals surface area contributed by atoms with Gasteiger partial charge >= 0.3 is 5.97 Å². The average molecular weight is 366 g/mol. The Morgan fingerprint density at radius 1 is 1.19 bits per heavy atom. The van der Waals surface area contributed by atoms with Crippen LogP contribution in [0.1, 0.15) is 30.9 Å². The van der Waals surface area contributed by atoms with Crippen LogP contribution >= 0.6 is 0 Å². The van der Waals surface area contributed by atoms with Crippen molar-refractivity contribution in [1.29, 1.82) is 0 Å². The van der Waals surface area contributed by atoms with E-state index in [0.29, 0.717) is 19.4 Å². The maximum absolute atomic E-state index is 12.6. The first-order valence-electron chi connectivity index (χ1n) is 9.52. The summed E-state index contributed by atoms with van der Waals surface area (Å²) in [5.41, 5.74) is 3.13. The monoisotopic (exact) mass is 366 g/mol. The molecular formula is C22H26N2O3. The number of carbonyl (C=O) groups is 2. The topological polar surface area (TPSA) is 67.4 Å². The van der Waals surface area contributed by atoms with Crippen molar-refractivity contribution < 1.29 is 14.3 Å². The van der Waals surface area contributed by atoms with Gasteiger partial charge in [-0.05, 0) is 49.8 Å². The lowest BCUT2D eigenvalue weighted by molar-refractivity contribution is -0.146. The number of carbonyl (C=O) groups excluding carboxylic acids is 2. The molecule has 1 amide bonds. The van der Waals surface area contributed by atoms with E-state index in [1.807, 2.05) is 54.6 Å². The molecule has 2 N–H and O–H groups in total. The van der Waals surface area contributed by atoms with Gasteiger partial charge < -0.3 is 10.1 Å². The third-order valence-electron chi connectivity index (χ3n) is 4.83. The Hall–Kier alpha value is -2.66. The molecule has 2 aromatic rings. The Labute approximate surface area is 160 Å². The highest BCUT2D eigenvalue weighted by Crippen LogP contribution is 2.22. The van der Waals surface area contributed by atoms with Crippen LogP contribution in [0.25, 0.3) is 0 Å². The molecule has 2 atom stereocenters. The molecular weight excluding hydrogens is 340 g/mol. The molecule has 142 valence electrons. The number of para-hydroxylation sites is 1. The molecule has 0 radical (unpaired) electrons. The molecule has 0 bridgehead atoms. The average Bonchev–Trinajstić information content (AvgIpc) is 2.84. The fraction of sp³-hybridized carbons (Fsp3) is 0.364. The smallest absolute Gasteiger partial charge is 0.323 e. The van der Waals surface area contributed by atoms with E-state index in [2.05, 4.69) is 10.6 Å². The van der Waals surface area contributed by atoms with Gasteiger partial charge in [0.1, 0.15) is 6.04 Å². The van der Waals surface area contributed by atoms with Crippen LogP contribution in [-0.2, 0) is 27.2 Å². The number of rotatable bonds is 7. The van der Waals surface area contributed by atoms with E-state index in [9.17, 15) is 9.59 Å². The van der Waals surface area contributed by atoms with Crippen molar-refractivity contribution in [3.8, 4) is 0 Å². The van der Waals surface area contributed by atoms with Gasteiger partial charge in [-0.1, -0.05) is 48.5 Å². The number of fused-ring (bicyclic) bond motifs is 1. The molecule has 3 rings (SSSR count). The van der Waals surface area contributed by atoms with Crippen LogP contribution < -0.4 is 10.6 Å². The number of nitrogens with one attached hydrogen (secondary N) is 2. The summed E-state index contributed by atoms with van der Waals surface area (Å²) in [4.78, 5) is 25.1. The zero-order chi connectivity index (χ0) is 19.1. The molecule has 0 saturated heterocycles. The van der Waals surface area contributed by atoms with Gasteiger partial charge in [0.2, 0.25) is 5.91 Å². The van der Waals surface area contributed by atoms with Crippen molar-refractivity contribution in [2.75, 3.05) is 11.9 Å². The lowest BCUT2D eigenvalue weighted by atomic mass is 10.0. The summed E-state index contributed by atoms with van der Waals surface area (Å²) in [6.45, 7) is 2.12. The highest BCUT2D eigenvalue weighted by atomic mass is 16.5. The van der Waals surface area contributed by atoms with Crippen LogP contribution in [0.2, 0.25) is 0 Å². The summed E-state index contributed by atoms with van der Waals surface area (Å²) in [6, 6.07) is 16.9. The molecule has 27 heavy (non-hydrogen) atoms. The molecule has 1 aliphatic heterocycles. The molecule has 0 fully saturated rings. The molecule has 0 aliphatic carbocycles. The molecule has 2 aromatic carbocycles. The molecule has 5 nitrogen and oxygen atoms in total. The first-order chi connectivity index (χ1) is 13.2. The number of amides is 1. The Balaban J connectivity index is 1.67. The maximum atomic E-state index is 12.6. The second-order valence-corrected chi connectivity index (χ2v) is 6.73. The van der Waals surface area contributed by atoms with Crippen LogP contribution in [0.3, 0.4) is 0 Å². The normalized spacial score (nSPS) is 17.4. The van der Waals surface area contributed by atoms with Gasteiger partial charge in [-0.15, -0.1) is 0 Å². The van der Waals surface area contributed by atoms with Crippen molar-refractivity contribution in [1.82, 2.24) is 5.32 Å². The van der Waals surface area contributed by atoms with Crippen molar-refractivity contribution in [2.24, 2.45) is 0 Å². The summed E-state index contributed by atoms with van der Waals surface area (Å²) >= 11 is 0. The van der Waals surface area contributed by atoms with Crippen LogP contribution in [0.4, 0.5) is 5.69 Å². The molecule has 0 unspecified atom stereocenters. The number of esters is 1. The van der Waals surface area contributed by atoms with Gasteiger partial charge in [0.05, 0.1) is 12.6 Å².